The second kappa shape index (κ2) is 7.74. The first-order chi connectivity index (χ1) is 12.5. The Morgan fingerprint density at radius 3 is 2.23 bits per heavy atom. The molecule has 0 aliphatic carbocycles. The maximum Gasteiger partial charge on any atom is 0.254 e. The minimum absolute atomic E-state index is 0.284. The molecular weight excluding hydrogens is 331 g/mol. The molecule has 0 fully saturated rings. The van der Waals surface area contributed by atoms with Gasteiger partial charge in [-0.15, -0.1) is 0 Å². The van der Waals surface area contributed by atoms with E-state index in [1.807, 2.05) is 32.0 Å². The van der Waals surface area contributed by atoms with E-state index in [1.165, 1.54) is 24.5 Å². The third-order valence-corrected chi connectivity index (χ3v) is 4.00. The van der Waals surface area contributed by atoms with Crippen LogP contribution >= 0.6 is 0 Å². The number of rotatable bonds is 5. The topological polar surface area (TPSA) is 66.9 Å². The Bertz CT molecular complexity index is 888. The van der Waals surface area contributed by atoms with Crippen LogP contribution in [-0.4, -0.2) is 15.9 Å². The van der Waals surface area contributed by atoms with E-state index >= 15 is 0 Å². The Balaban J connectivity index is 1.63. The molecule has 3 aromatic rings. The van der Waals surface area contributed by atoms with E-state index in [0.717, 1.165) is 22.4 Å². The fraction of sp³-hybridized carbons (Fsp3) is 0.150. The summed E-state index contributed by atoms with van der Waals surface area (Å²) in [6, 6.07) is 12.0. The maximum absolute atomic E-state index is 12.9. The predicted octanol–water partition coefficient (Wildman–Crippen LogP) is 3.91. The van der Waals surface area contributed by atoms with Gasteiger partial charge in [0.1, 0.15) is 5.82 Å². The molecule has 3 rings (SSSR count). The Morgan fingerprint density at radius 1 is 1.00 bits per heavy atom. The number of benzene rings is 2. The number of nitrogens with zero attached hydrogens (tertiary/aromatic N) is 2. The lowest BCUT2D eigenvalue weighted by Crippen LogP contribution is -2.23. The van der Waals surface area contributed by atoms with E-state index in [0.29, 0.717) is 18.1 Å². The summed E-state index contributed by atoms with van der Waals surface area (Å²) >= 11 is 0. The van der Waals surface area contributed by atoms with Crippen LogP contribution in [0.2, 0.25) is 0 Å². The molecule has 0 aliphatic heterocycles. The molecule has 0 bridgehead atoms. The van der Waals surface area contributed by atoms with Crippen LogP contribution in [-0.2, 0) is 6.54 Å². The number of anilines is 2. The van der Waals surface area contributed by atoms with Gasteiger partial charge in [0.25, 0.3) is 5.91 Å². The Labute approximate surface area is 151 Å². The number of nitrogens with one attached hydrogen (secondary N) is 2. The van der Waals surface area contributed by atoms with Crippen molar-refractivity contribution >= 4 is 17.5 Å². The van der Waals surface area contributed by atoms with E-state index in [2.05, 4.69) is 20.6 Å². The quantitative estimate of drug-likeness (QED) is 0.732. The third kappa shape index (κ3) is 4.22. The van der Waals surface area contributed by atoms with E-state index in [4.69, 9.17) is 0 Å². The second-order valence-corrected chi connectivity index (χ2v) is 6.00. The van der Waals surface area contributed by atoms with E-state index < -0.39 is 0 Å². The summed E-state index contributed by atoms with van der Waals surface area (Å²) in [4.78, 5) is 20.6. The highest BCUT2D eigenvalue weighted by molar-refractivity contribution is 5.93. The van der Waals surface area contributed by atoms with Crippen LogP contribution in [0.5, 0.6) is 0 Å². The average molecular weight is 350 g/mol. The fourth-order valence-electron chi connectivity index (χ4n) is 2.52. The zero-order chi connectivity index (χ0) is 18.5. The third-order valence-electron chi connectivity index (χ3n) is 4.00. The molecule has 0 aliphatic rings. The number of hydrogen-bond acceptors (Lipinski definition) is 4. The number of hydrogen-bond donors (Lipinski definition) is 2. The fourth-order valence-corrected chi connectivity index (χ4v) is 2.52. The average Bonchev–Trinajstić information content (AvgIpc) is 2.65. The zero-order valence-electron chi connectivity index (χ0n) is 14.6. The van der Waals surface area contributed by atoms with Gasteiger partial charge < -0.3 is 10.6 Å². The minimum atomic E-state index is -0.305. The van der Waals surface area contributed by atoms with Crippen molar-refractivity contribution in [2.45, 2.75) is 20.4 Å². The van der Waals surface area contributed by atoms with Gasteiger partial charge in [0.2, 0.25) is 5.95 Å². The standard InChI is InChI=1S/C20H19FN4O/c1-13-4-3-5-14(2)18(13)25-20-23-11-16(12-24-20)19(26)22-10-15-6-8-17(21)9-7-15/h3-9,11-12H,10H2,1-2H3,(H,22,26)(H,23,24,25). The van der Waals surface area contributed by atoms with Crippen LogP contribution in [0.4, 0.5) is 16.0 Å². The van der Waals surface area contributed by atoms with Crippen molar-refractivity contribution in [3.05, 3.63) is 82.9 Å². The van der Waals surface area contributed by atoms with Gasteiger partial charge in [-0.1, -0.05) is 30.3 Å². The molecule has 0 saturated carbocycles. The summed E-state index contributed by atoms with van der Waals surface area (Å²) in [5.41, 5.74) is 4.32. The van der Waals surface area contributed by atoms with Crippen LogP contribution in [0.1, 0.15) is 27.0 Å². The number of halogens is 1. The van der Waals surface area contributed by atoms with Crippen molar-refractivity contribution in [3.63, 3.8) is 0 Å². The normalized spacial score (nSPS) is 10.4. The summed E-state index contributed by atoms with van der Waals surface area (Å²) in [7, 11) is 0. The lowest BCUT2D eigenvalue weighted by Gasteiger charge is -2.11. The first-order valence-electron chi connectivity index (χ1n) is 8.21. The van der Waals surface area contributed by atoms with Crippen molar-refractivity contribution < 1.29 is 9.18 Å². The Kier molecular flexibility index (Phi) is 5.22. The van der Waals surface area contributed by atoms with Crippen molar-refractivity contribution in [2.24, 2.45) is 0 Å². The number of amides is 1. The number of aryl methyl sites for hydroxylation is 2. The molecule has 132 valence electrons. The molecule has 2 N–H and O–H groups in total. The Morgan fingerprint density at radius 2 is 1.62 bits per heavy atom. The molecule has 0 saturated heterocycles. The highest BCUT2D eigenvalue weighted by Crippen LogP contribution is 2.22. The van der Waals surface area contributed by atoms with Crippen molar-refractivity contribution in [1.29, 1.82) is 0 Å². The monoisotopic (exact) mass is 350 g/mol. The first-order valence-corrected chi connectivity index (χ1v) is 8.21. The van der Waals surface area contributed by atoms with Crippen molar-refractivity contribution in [1.82, 2.24) is 15.3 Å². The SMILES string of the molecule is Cc1cccc(C)c1Nc1ncc(C(=O)NCc2ccc(F)cc2)cn1. The summed E-state index contributed by atoms with van der Waals surface area (Å²) in [5, 5.41) is 5.94. The van der Waals surface area contributed by atoms with Gasteiger partial charge in [-0.3, -0.25) is 4.79 Å². The molecule has 1 heterocycles. The van der Waals surface area contributed by atoms with E-state index in [1.54, 1.807) is 12.1 Å². The number of para-hydroxylation sites is 1. The molecule has 1 amide bonds. The van der Waals surface area contributed by atoms with Crippen molar-refractivity contribution in [3.8, 4) is 0 Å². The summed E-state index contributed by atoms with van der Waals surface area (Å²) in [6.45, 7) is 4.32. The number of carbonyl (C=O) groups is 1. The molecule has 0 spiro atoms. The highest BCUT2D eigenvalue weighted by Gasteiger charge is 2.09. The van der Waals surface area contributed by atoms with Gasteiger partial charge >= 0.3 is 0 Å². The largest absolute Gasteiger partial charge is 0.348 e. The summed E-state index contributed by atoms with van der Waals surface area (Å²) < 4.78 is 12.9. The van der Waals surface area contributed by atoms with Gasteiger partial charge in [0.15, 0.2) is 0 Å². The highest BCUT2D eigenvalue weighted by atomic mass is 19.1. The van der Waals surface area contributed by atoms with Gasteiger partial charge in [0, 0.05) is 24.6 Å². The smallest absolute Gasteiger partial charge is 0.254 e. The minimum Gasteiger partial charge on any atom is -0.348 e. The number of carbonyl (C=O) groups excluding carboxylic acids is 1. The molecule has 0 atom stereocenters. The molecule has 1 aromatic heterocycles. The molecule has 0 unspecified atom stereocenters. The maximum atomic E-state index is 12.9. The second-order valence-electron chi connectivity index (χ2n) is 6.00. The van der Waals surface area contributed by atoms with Crippen LogP contribution in [0, 0.1) is 19.7 Å². The van der Waals surface area contributed by atoms with Gasteiger partial charge in [-0.2, -0.15) is 0 Å². The predicted molar refractivity (Wildman–Crippen MR) is 98.8 cm³/mol. The zero-order valence-corrected chi connectivity index (χ0v) is 14.6. The van der Waals surface area contributed by atoms with E-state index in [9.17, 15) is 9.18 Å². The molecule has 6 heteroatoms. The molecule has 0 radical (unpaired) electrons. The van der Waals surface area contributed by atoms with E-state index in [-0.39, 0.29) is 11.7 Å². The van der Waals surface area contributed by atoms with Crippen molar-refractivity contribution in [2.75, 3.05) is 5.32 Å². The molecule has 2 aromatic carbocycles. The van der Waals surface area contributed by atoms with Gasteiger partial charge in [-0.25, -0.2) is 14.4 Å². The van der Waals surface area contributed by atoms with Crippen LogP contribution in [0.15, 0.2) is 54.9 Å². The van der Waals surface area contributed by atoms with Crippen LogP contribution in [0.25, 0.3) is 0 Å². The molecule has 5 nitrogen and oxygen atoms in total. The molecule has 26 heavy (non-hydrogen) atoms. The first kappa shape index (κ1) is 17.5. The lowest BCUT2D eigenvalue weighted by atomic mass is 10.1. The van der Waals surface area contributed by atoms with Crippen LogP contribution in [0.3, 0.4) is 0 Å². The Hall–Kier alpha value is -3.28. The van der Waals surface area contributed by atoms with Gasteiger partial charge in [-0.05, 0) is 42.7 Å². The van der Waals surface area contributed by atoms with Gasteiger partial charge in [0.05, 0.1) is 5.56 Å². The number of aromatic nitrogens is 2. The summed E-state index contributed by atoms with van der Waals surface area (Å²) in [6.07, 6.45) is 2.95. The van der Waals surface area contributed by atoms with Crippen LogP contribution < -0.4 is 10.6 Å². The lowest BCUT2D eigenvalue weighted by molar-refractivity contribution is 0.0950. The molecular formula is C20H19FN4O. The summed E-state index contributed by atoms with van der Waals surface area (Å²) in [5.74, 6) is -0.161.